The summed E-state index contributed by atoms with van der Waals surface area (Å²) in [5.74, 6) is 0. The molecule has 0 N–H and O–H groups in total. The Kier molecular flexibility index (Phi) is 5.72. The second-order valence-electron chi connectivity index (χ2n) is 4.89. The Bertz CT molecular complexity index is 858. The third kappa shape index (κ3) is 3.72. The lowest BCUT2D eigenvalue weighted by molar-refractivity contribution is 1.30. The van der Waals surface area contributed by atoms with Gasteiger partial charge in [-0.25, -0.2) is 9.97 Å². The van der Waals surface area contributed by atoms with Gasteiger partial charge in [0.25, 0.3) is 0 Å². The molecule has 0 atom stereocenters. The number of rotatable bonds is 0. The molecule has 0 radical (unpaired) electrons. The normalized spacial score (nSPS) is 10.5. The maximum atomic E-state index is 5.91. The van der Waals surface area contributed by atoms with Crippen LogP contribution in [-0.4, -0.2) is 9.97 Å². The molecule has 0 aliphatic heterocycles. The molecule has 2 aromatic heterocycles. The van der Waals surface area contributed by atoms with Gasteiger partial charge in [-0.15, -0.1) is 0 Å². The van der Waals surface area contributed by atoms with Crippen LogP contribution in [0.2, 0.25) is 10.2 Å². The number of halogens is 4. The molecular formula is C18H10Br2Cl2N2. The summed E-state index contributed by atoms with van der Waals surface area (Å²) in [7, 11) is 0. The van der Waals surface area contributed by atoms with Gasteiger partial charge in [0.2, 0.25) is 0 Å². The van der Waals surface area contributed by atoms with Gasteiger partial charge in [0, 0.05) is 38.4 Å². The van der Waals surface area contributed by atoms with Gasteiger partial charge in [0.1, 0.15) is 9.76 Å². The van der Waals surface area contributed by atoms with E-state index in [2.05, 4.69) is 47.9 Å². The van der Waals surface area contributed by atoms with Crippen LogP contribution in [0.5, 0.6) is 0 Å². The van der Waals surface area contributed by atoms with E-state index < -0.39 is 0 Å². The smallest absolute Gasteiger partial charge is 0.136 e. The Hall–Kier alpha value is -1.20. The molecule has 0 fully saturated rings. The molecule has 0 amide bonds. The van der Waals surface area contributed by atoms with E-state index in [4.69, 9.17) is 23.2 Å². The molecule has 120 valence electrons. The highest BCUT2D eigenvalue weighted by Gasteiger charge is 2.02. The third-order valence-corrected chi connectivity index (χ3v) is 5.26. The Morgan fingerprint density at radius 3 is 1.88 bits per heavy atom. The van der Waals surface area contributed by atoms with Crippen molar-refractivity contribution in [3.8, 4) is 0 Å². The van der Waals surface area contributed by atoms with Crippen molar-refractivity contribution in [2.75, 3.05) is 0 Å². The van der Waals surface area contributed by atoms with Crippen LogP contribution in [0.25, 0.3) is 21.5 Å². The van der Waals surface area contributed by atoms with Crippen LogP contribution in [0, 0.1) is 0 Å². The van der Waals surface area contributed by atoms with Gasteiger partial charge in [-0.2, -0.15) is 0 Å². The first kappa shape index (κ1) is 17.6. The summed E-state index contributed by atoms with van der Waals surface area (Å²) in [4.78, 5) is 8.12. The largest absolute Gasteiger partial charge is 0.248 e. The Morgan fingerprint density at radius 1 is 0.667 bits per heavy atom. The van der Waals surface area contributed by atoms with E-state index in [1.807, 2.05) is 42.5 Å². The molecule has 4 rings (SSSR count). The van der Waals surface area contributed by atoms with E-state index in [-0.39, 0.29) is 0 Å². The zero-order valence-electron chi connectivity index (χ0n) is 12.2. The molecule has 4 aromatic rings. The monoisotopic (exact) mass is 482 g/mol. The van der Waals surface area contributed by atoms with E-state index >= 15 is 0 Å². The first-order valence-corrected chi connectivity index (χ1v) is 9.29. The van der Waals surface area contributed by atoms with Crippen LogP contribution in [-0.2, 0) is 0 Å². The molecule has 0 aliphatic carbocycles. The molecule has 24 heavy (non-hydrogen) atoms. The van der Waals surface area contributed by atoms with E-state index in [0.29, 0.717) is 10.2 Å². The SMILES string of the molecule is Brc1cnc(Br)c2ccccc12.Clc1cnc(Cl)c2ccccc12. The Balaban J connectivity index is 0.000000141. The highest BCUT2D eigenvalue weighted by atomic mass is 79.9. The average molecular weight is 485 g/mol. The standard InChI is InChI=1S/C9H5Br2N.C9H5Cl2N/c2*10-8-5-12-9(11)7-4-2-1-3-6(7)8/h2*1-5H. The van der Waals surface area contributed by atoms with Gasteiger partial charge < -0.3 is 0 Å². The minimum atomic E-state index is 0.495. The van der Waals surface area contributed by atoms with Crippen LogP contribution >= 0.6 is 55.1 Å². The second kappa shape index (κ2) is 7.79. The van der Waals surface area contributed by atoms with E-state index in [1.54, 1.807) is 12.4 Å². The number of hydrogen-bond acceptors (Lipinski definition) is 2. The fraction of sp³-hybridized carbons (Fsp3) is 0. The lowest BCUT2D eigenvalue weighted by atomic mass is 10.2. The minimum absolute atomic E-state index is 0.495. The van der Waals surface area contributed by atoms with Crippen LogP contribution in [0.15, 0.2) is 70.0 Å². The van der Waals surface area contributed by atoms with Crippen molar-refractivity contribution in [3.63, 3.8) is 0 Å². The fourth-order valence-electron chi connectivity index (χ4n) is 2.25. The quantitative estimate of drug-likeness (QED) is 0.245. The van der Waals surface area contributed by atoms with Gasteiger partial charge in [-0.1, -0.05) is 71.7 Å². The van der Waals surface area contributed by atoms with Crippen molar-refractivity contribution in [1.82, 2.24) is 9.97 Å². The topological polar surface area (TPSA) is 25.8 Å². The van der Waals surface area contributed by atoms with Gasteiger partial charge in [-0.05, 0) is 31.9 Å². The Morgan fingerprint density at radius 2 is 1.25 bits per heavy atom. The molecule has 2 aromatic carbocycles. The van der Waals surface area contributed by atoms with E-state index in [9.17, 15) is 0 Å². The summed E-state index contributed by atoms with van der Waals surface area (Å²) in [5.41, 5.74) is 0. The van der Waals surface area contributed by atoms with Gasteiger partial charge in [0.05, 0.1) is 5.02 Å². The molecule has 2 heterocycles. The highest BCUT2D eigenvalue weighted by Crippen LogP contribution is 2.28. The van der Waals surface area contributed by atoms with Crippen molar-refractivity contribution in [3.05, 3.63) is 80.2 Å². The Labute approximate surface area is 166 Å². The molecule has 6 heteroatoms. The van der Waals surface area contributed by atoms with E-state index in [0.717, 1.165) is 25.2 Å². The summed E-state index contributed by atoms with van der Waals surface area (Å²) < 4.78 is 1.92. The summed E-state index contributed by atoms with van der Waals surface area (Å²) in [5, 5.41) is 5.28. The third-order valence-electron chi connectivity index (χ3n) is 3.40. The van der Waals surface area contributed by atoms with Crippen LogP contribution in [0.4, 0.5) is 0 Å². The molecule has 2 nitrogen and oxygen atoms in total. The maximum absolute atomic E-state index is 5.91. The predicted octanol–water partition coefficient (Wildman–Crippen LogP) is 7.30. The highest BCUT2D eigenvalue weighted by molar-refractivity contribution is 9.11. The number of fused-ring (bicyclic) bond motifs is 2. The molecule has 0 spiro atoms. The number of pyridine rings is 2. The molecule has 0 saturated carbocycles. The van der Waals surface area contributed by atoms with Crippen molar-refractivity contribution in [1.29, 1.82) is 0 Å². The fourth-order valence-corrected chi connectivity index (χ4v) is 3.57. The summed E-state index contributed by atoms with van der Waals surface area (Å²) >= 11 is 18.6. The van der Waals surface area contributed by atoms with Crippen LogP contribution < -0.4 is 0 Å². The van der Waals surface area contributed by atoms with Crippen molar-refractivity contribution in [2.45, 2.75) is 0 Å². The maximum Gasteiger partial charge on any atom is 0.136 e. The first-order valence-electron chi connectivity index (χ1n) is 6.95. The van der Waals surface area contributed by atoms with Gasteiger partial charge >= 0.3 is 0 Å². The van der Waals surface area contributed by atoms with Crippen molar-refractivity contribution < 1.29 is 0 Å². The van der Waals surface area contributed by atoms with E-state index in [1.165, 1.54) is 5.39 Å². The molecule has 0 saturated heterocycles. The molecule has 0 unspecified atom stereocenters. The predicted molar refractivity (Wildman–Crippen MR) is 109 cm³/mol. The molecule has 0 bridgehead atoms. The molecular weight excluding hydrogens is 475 g/mol. The van der Waals surface area contributed by atoms with Crippen molar-refractivity contribution in [2.24, 2.45) is 0 Å². The van der Waals surface area contributed by atoms with Gasteiger partial charge in [0.15, 0.2) is 0 Å². The minimum Gasteiger partial charge on any atom is -0.248 e. The summed E-state index contributed by atoms with van der Waals surface area (Å²) in [6.45, 7) is 0. The summed E-state index contributed by atoms with van der Waals surface area (Å²) in [6, 6.07) is 15.8. The lowest BCUT2D eigenvalue weighted by Crippen LogP contribution is -1.79. The number of hydrogen-bond donors (Lipinski definition) is 0. The average Bonchev–Trinajstić information content (AvgIpc) is 2.63. The molecule has 0 aliphatic rings. The lowest BCUT2D eigenvalue weighted by Gasteiger charge is -2.00. The zero-order chi connectivity index (χ0) is 17.1. The number of aromatic nitrogens is 2. The zero-order valence-corrected chi connectivity index (χ0v) is 16.9. The van der Waals surface area contributed by atoms with Crippen LogP contribution in [0.3, 0.4) is 0 Å². The van der Waals surface area contributed by atoms with Crippen LogP contribution in [0.1, 0.15) is 0 Å². The summed E-state index contributed by atoms with van der Waals surface area (Å²) in [6.07, 6.45) is 3.36. The number of nitrogens with zero attached hydrogens (tertiary/aromatic N) is 2. The van der Waals surface area contributed by atoms with Gasteiger partial charge in [-0.3, -0.25) is 0 Å². The number of benzene rings is 2. The van der Waals surface area contributed by atoms with Crippen molar-refractivity contribution >= 4 is 76.6 Å². The second-order valence-corrected chi connectivity index (χ2v) is 7.26. The first-order chi connectivity index (χ1) is 11.6.